The summed E-state index contributed by atoms with van der Waals surface area (Å²) in [6.07, 6.45) is 2.80. The number of amides is 1. The van der Waals surface area contributed by atoms with Crippen molar-refractivity contribution in [3.05, 3.63) is 29.6 Å². The van der Waals surface area contributed by atoms with Crippen LogP contribution in [-0.4, -0.2) is 32.8 Å². The van der Waals surface area contributed by atoms with E-state index in [1.807, 2.05) is 6.92 Å². The number of unbranched alkanes of at least 4 members (excludes halogenated alkanes) is 2. The van der Waals surface area contributed by atoms with Crippen molar-refractivity contribution in [1.82, 2.24) is 4.90 Å². The summed E-state index contributed by atoms with van der Waals surface area (Å²) in [6.45, 7) is 2.53. The second kappa shape index (κ2) is 6.81. The fourth-order valence-corrected chi connectivity index (χ4v) is 2.29. The first kappa shape index (κ1) is 16.6. The Bertz CT molecular complexity index is 587. The highest BCUT2D eigenvalue weighted by molar-refractivity contribution is 7.89. The van der Waals surface area contributed by atoms with E-state index in [2.05, 4.69) is 0 Å². The Hall–Kier alpha value is -1.47. The van der Waals surface area contributed by atoms with Gasteiger partial charge in [-0.2, -0.15) is 0 Å². The Kier molecular flexibility index (Phi) is 5.64. The highest BCUT2D eigenvalue weighted by atomic mass is 32.2. The lowest BCUT2D eigenvalue weighted by Gasteiger charge is -2.17. The van der Waals surface area contributed by atoms with Crippen molar-refractivity contribution in [1.29, 1.82) is 0 Å². The average molecular weight is 302 g/mol. The first-order chi connectivity index (χ1) is 9.27. The van der Waals surface area contributed by atoms with Crippen LogP contribution in [0.25, 0.3) is 0 Å². The number of nitrogens with zero attached hydrogens (tertiary/aromatic N) is 1. The molecule has 1 amide bonds. The van der Waals surface area contributed by atoms with Gasteiger partial charge in [0.2, 0.25) is 10.0 Å². The standard InChI is InChI=1S/C13H19FN2O3S/c1-3-4-5-8-16(2)13(17)11-9-10(20(15,18)19)6-7-12(11)14/h6-7,9H,3-5,8H2,1-2H3,(H2,15,18,19). The zero-order valence-electron chi connectivity index (χ0n) is 11.6. The van der Waals surface area contributed by atoms with Gasteiger partial charge in [-0.05, 0) is 24.6 Å². The molecule has 0 radical (unpaired) electrons. The quantitative estimate of drug-likeness (QED) is 0.813. The number of sulfonamides is 1. The van der Waals surface area contributed by atoms with E-state index in [9.17, 15) is 17.6 Å². The van der Waals surface area contributed by atoms with Gasteiger partial charge in [0.1, 0.15) is 5.82 Å². The van der Waals surface area contributed by atoms with Crippen LogP contribution in [0.2, 0.25) is 0 Å². The Balaban J connectivity index is 2.97. The molecule has 1 rings (SSSR count). The minimum Gasteiger partial charge on any atom is -0.342 e. The molecule has 0 aliphatic rings. The molecule has 0 bridgehead atoms. The van der Waals surface area contributed by atoms with Crippen LogP contribution in [-0.2, 0) is 10.0 Å². The van der Waals surface area contributed by atoms with Crippen molar-refractivity contribution in [3.63, 3.8) is 0 Å². The fourth-order valence-electron chi connectivity index (χ4n) is 1.75. The van der Waals surface area contributed by atoms with E-state index < -0.39 is 21.7 Å². The summed E-state index contributed by atoms with van der Waals surface area (Å²) in [4.78, 5) is 13.2. The van der Waals surface area contributed by atoms with E-state index in [4.69, 9.17) is 5.14 Å². The number of hydrogen-bond acceptors (Lipinski definition) is 3. The molecule has 0 atom stereocenters. The average Bonchev–Trinajstić information content (AvgIpc) is 2.37. The molecule has 7 heteroatoms. The van der Waals surface area contributed by atoms with Crippen molar-refractivity contribution in [2.24, 2.45) is 5.14 Å². The number of carbonyl (C=O) groups excluding carboxylic acids is 1. The van der Waals surface area contributed by atoms with Crippen LogP contribution in [0.1, 0.15) is 36.5 Å². The van der Waals surface area contributed by atoms with E-state index in [1.54, 1.807) is 7.05 Å². The minimum absolute atomic E-state index is 0.274. The minimum atomic E-state index is -3.96. The molecule has 0 saturated carbocycles. The molecule has 0 aromatic heterocycles. The Morgan fingerprint density at radius 2 is 2.00 bits per heavy atom. The third kappa shape index (κ3) is 4.28. The number of primary sulfonamides is 1. The molecule has 1 aromatic rings. The number of rotatable bonds is 6. The van der Waals surface area contributed by atoms with Crippen LogP contribution in [0.4, 0.5) is 4.39 Å². The van der Waals surface area contributed by atoms with Crippen LogP contribution < -0.4 is 5.14 Å². The van der Waals surface area contributed by atoms with Crippen molar-refractivity contribution in [3.8, 4) is 0 Å². The second-order valence-electron chi connectivity index (χ2n) is 4.62. The Morgan fingerprint density at radius 3 is 2.55 bits per heavy atom. The Labute approximate surface area is 118 Å². The molecule has 1 aromatic carbocycles. The molecule has 0 spiro atoms. The lowest BCUT2D eigenvalue weighted by atomic mass is 10.1. The fraction of sp³-hybridized carbons (Fsp3) is 0.462. The highest BCUT2D eigenvalue weighted by Crippen LogP contribution is 2.16. The molecule has 112 valence electrons. The molecular weight excluding hydrogens is 283 g/mol. The number of hydrogen-bond donors (Lipinski definition) is 1. The molecule has 0 aliphatic carbocycles. The first-order valence-corrected chi connectivity index (χ1v) is 7.89. The summed E-state index contributed by atoms with van der Waals surface area (Å²) in [5.74, 6) is -1.31. The van der Waals surface area contributed by atoms with Crippen molar-refractivity contribution in [2.75, 3.05) is 13.6 Å². The SMILES string of the molecule is CCCCCN(C)C(=O)c1cc(S(N)(=O)=O)ccc1F. The summed E-state index contributed by atoms with van der Waals surface area (Å²) < 4.78 is 36.1. The van der Waals surface area contributed by atoms with Gasteiger partial charge in [0.15, 0.2) is 0 Å². The summed E-state index contributed by atoms with van der Waals surface area (Å²) in [5, 5.41) is 4.98. The van der Waals surface area contributed by atoms with Gasteiger partial charge < -0.3 is 4.90 Å². The zero-order valence-corrected chi connectivity index (χ0v) is 12.4. The largest absolute Gasteiger partial charge is 0.342 e. The van der Waals surface area contributed by atoms with Gasteiger partial charge in [-0.3, -0.25) is 4.79 Å². The van der Waals surface area contributed by atoms with Crippen molar-refractivity contribution in [2.45, 2.75) is 31.1 Å². The van der Waals surface area contributed by atoms with Crippen LogP contribution in [0, 0.1) is 5.82 Å². The summed E-state index contributed by atoms with van der Waals surface area (Å²) >= 11 is 0. The van der Waals surface area contributed by atoms with Gasteiger partial charge >= 0.3 is 0 Å². The summed E-state index contributed by atoms with van der Waals surface area (Å²) in [6, 6.07) is 2.95. The molecule has 5 nitrogen and oxygen atoms in total. The van der Waals surface area contributed by atoms with Crippen molar-refractivity contribution < 1.29 is 17.6 Å². The molecule has 0 unspecified atom stereocenters. The summed E-state index contributed by atoms with van der Waals surface area (Å²) in [5.41, 5.74) is -0.282. The molecule has 0 aliphatic heterocycles. The van der Waals surface area contributed by atoms with E-state index in [1.165, 1.54) is 4.90 Å². The van der Waals surface area contributed by atoms with Gasteiger partial charge in [0.05, 0.1) is 10.5 Å². The van der Waals surface area contributed by atoms with Crippen LogP contribution in [0.15, 0.2) is 23.1 Å². The van der Waals surface area contributed by atoms with Gasteiger partial charge in [0.25, 0.3) is 5.91 Å². The molecule has 0 saturated heterocycles. The van der Waals surface area contributed by atoms with Gasteiger partial charge in [-0.15, -0.1) is 0 Å². The Morgan fingerprint density at radius 1 is 1.35 bits per heavy atom. The normalized spacial score (nSPS) is 11.4. The number of carbonyl (C=O) groups is 1. The van der Waals surface area contributed by atoms with Crippen LogP contribution in [0.5, 0.6) is 0 Å². The highest BCUT2D eigenvalue weighted by Gasteiger charge is 2.19. The maximum absolute atomic E-state index is 13.7. The van der Waals surface area contributed by atoms with Gasteiger partial charge in [-0.25, -0.2) is 17.9 Å². The topological polar surface area (TPSA) is 80.5 Å². The van der Waals surface area contributed by atoms with Gasteiger partial charge in [0, 0.05) is 13.6 Å². The van der Waals surface area contributed by atoms with Crippen molar-refractivity contribution >= 4 is 15.9 Å². The lowest BCUT2D eigenvalue weighted by molar-refractivity contribution is 0.0788. The molecule has 2 N–H and O–H groups in total. The van der Waals surface area contributed by atoms with E-state index in [-0.39, 0.29) is 10.5 Å². The molecular formula is C13H19FN2O3S. The first-order valence-electron chi connectivity index (χ1n) is 6.35. The van der Waals surface area contributed by atoms with Crippen LogP contribution >= 0.6 is 0 Å². The molecule has 0 heterocycles. The predicted octanol–water partition coefficient (Wildman–Crippen LogP) is 1.74. The van der Waals surface area contributed by atoms with E-state index >= 15 is 0 Å². The van der Waals surface area contributed by atoms with Crippen LogP contribution in [0.3, 0.4) is 0 Å². The summed E-state index contributed by atoms with van der Waals surface area (Å²) in [7, 11) is -2.40. The zero-order chi connectivity index (χ0) is 15.3. The van der Waals surface area contributed by atoms with E-state index in [0.29, 0.717) is 6.54 Å². The maximum Gasteiger partial charge on any atom is 0.256 e. The molecule has 0 fully saturated rings. The maximum atomic E-state index is 13.7. The molecule has 20 heavy (non-hydrogen) atoms. The number of halogens is 1. The number of benzene rings is 1. The third-order valence-electron chi connectivity index (χ3n) is 2.94. The second-order valence-corrected chi connectivity index (χ2v) is 6.18. The predicted molar refractivity (Wildman–Crippen MR) is 74.3 cm³/mol. The number of nitrogens with two attached hydrogens (primary N) is 1. The third-order valence-corrected chi connectivity index (χ3v) is 3.85. The van der Waals surface area contributed by atoms with E-state index in [0.717, 1.165) is 37.5 Å². The van der Waals surface area contributed by atoms with Gasteiger partial charge in [-0.1, -0.05) is 19.8 Å². The lowest BCUT2D eigenvalue weighted by Crippen LogP contribution is -2.29. The monoisotopic (exact) mass is 302 g/mol. The smallest absolute Gasteiger partial charge is 0.256 e.